The Morgan fingerprint density at radius 2 is 1.97 bits per heavy atom. The highest BCUT2D eigenvalue weighted by Crippen LogP contribution is 2.35. The lowest BCUT2D eigenvalue weighted by Crippen LogP contribution is -2.23. The Kier molecular flexibility index (Phi) is 5.83. The first kappa shape index (κ1) is 20.6. The fraction of sp³-hybridized carbons (Fsp3) is 0.174. The Morgan fingerprint density at radius 3 is 2.78 bits per heavy atom. The predicted octanol–water partition coefficient (Wildman–Crippen LogP) is 4.90. The molecule has 3 heterocycles. The lowest BCUT2D eigenvalue weighted by molar-refractivity contribution is -0.115. The van der Waals surface area contributed by atoms with Crippen LogP contribution >= 0.6 is 23.1 Å². The lowest BCUT2D eigenvalue weighted by atomic mass is 10.2. The van der Waals surface area contributed by atoms with E-state index >= 15 is 0 Å². The minimum Gasteiger partial charge on any atom is -0.454 e. The molecule has 7 nitrogen and oxygen atoms in total. The molecule has 1 N–H and O–H groups in total. The van der Waals surface area contributed by atoms with Crippen molar-refractivity contribution >= 4 is 34.7 Å². The molecule has 1 aliphatic heterocycles. The van der Waals surface area contributed by atoms with Gasteiger partial charge in [0.25, 0.3) is 0 Å². The number of anilines is 1. The van der Waals surface area contributed by atoms with Crippen LogP contribution in [0.15, 0.2) is 71.2 Å². The highest BCUT2D eigenvalue weighted by molar-refractivity contribution is 8.00. The van der Waals surface area contributed by atoms with E-state index in [1.54, 1.807) is 29.5 Å². The largest absolute Gasteiger partial charge is 0.454 e. The van der Waals surface area contributed by atoms with Crippen LogP contribution < -0.4 is 14.8 Å². The number of carbonyl (C=O) groups is 1. The van der Waals surface area contributed by atoms with E-state index in [0.29, 0.717) is 28.9 Å². The molecule has 32 heavy (non-hydrogen) atoms. The van der Waals surface area contributed by atoms with Crippen LogP contribution in [0.2, 0.25) is 0 Å². The number of carbonyl (C=O) groups excluding carboxylic acids is 1. The summed E-state index contributed by atoms with van der Waals surface area (Å²) in [6.07, 6.45) is 0. The number of ether oxygens (including phenoxy) is 2. The van der Waals surface area contributed by atoms with E-state index < -0.39 is 0 Å². The second-order valence-corrected chi connectivity index (χ2v) is 9.43. The average Bonchev–Trinajstić information content (AvgIpc) is 3.56. The smallest absolute Gasteiger partial charge is 0.237 e. The van der Waals surface area contributed by atoms with Crippen molar-refractivity contribution in [3.63, 3.8) is 0 Å². The van der Waals surface area contributed by atoms with Crippen LogP contribution in [0.25, 0.3) is 10.7 Å². The van der Waals surface area contributed by atoms with E-state index in [0.717, 1.165) is 16.3 Å². The van der Waals surface area contributed by atoms with Crippen LogP contribution in [0.4, 0.5) is 5.69 Å². The molecule has 1 amide bonds. The van der Waals surface area contributed by atoms with E-state index in [2.05, 4.69) is 32.2 Å². The third-order valence-corrected chi connectivity index (χ3v) is 6.88. The molecule has 0 fully saturated rings. The van der Waals surface area contributed by atoms with Crippen molar-refractivity contribution in [3.05, 3.63) is 71.6 Å². The molecular weight excluding hydrogens is 444 g/mol. The standard InChI is InChI=1S/C23H20N4O3S2/c1-15(22(28)24-17-9-10-18-19(12-17)30-14-29-18)32-23-26-25-21(20-8-5-11-31-20)27(23)13-16-6-3-2-4-7-16/h2-12,15H,13-14H2,1H3,(H,24,28)/t15-/m0/s1. The number of thioether (sulfide) groups is 1. The minimum absolute atomic E-state index is 0.124. The maximum absolute atomic E-state index is 12.9. The van der Waals surface area contributed by atoms with Crippen molar-refractivity contribution in [1.29, 1.82) is 0 Å². The number of amides is 1. The van der Waals surface area contributed by atoms with E-state index in [-0.39, 0.29) is 18.0 Å². The fourth-order valence-corrected chi connectivity index (χ4v) is 4.87. The normalized spacial score (nSPS) is 13.2. The summed E-state index contributed by atoms with van der Waals surface area (Å²) in [4.78, 5) is 13.9. The molecule has 0 saturated heterocycles. The van der Waals surface area contributed by atoms with Gasteiger partial charge in [0.2, 0.25) is 12.7 Å². The highest BCUT2D eigenvalue weighted by atomic mass is 32.2. The quantitative estimate of drug-likeness (QED) is 0.392. The van der Waals surface area contributed by atoms with Gasteiger partial charge in [-0.25, -0.2) is 0 Å². The van der Waals surface area contributed by atoms with Gasteiger partial charge in [0.15, 0.2) is 22.5 Å². The van der Waals surface area contributed by atoms with E-state index in [1.807, 2.05) is 42.6 Å². The van der Waals surface area contributed by atoms with Gasteiger partial charge in [0.1, 0.15) is 0 Å². The van der Waals surface area contributed by atoms with Gasteiger partial charge in [-0.05, 0) is 36.1 Å². The maximum Gasteiger partial charge on any atom is 0.237 e. The Morgan fingerprint density at radius 1 is 1.12 bits per heavy atom. The fourth-order valence-electron chi connectivity index (χ4n) is 3.30. The number of hydrogen-bond acceptors (Lipinski definition) is 7. The molecule has 9 heteroatoms. The van der Waals surface area contributed by atoms with Crippen molar-refractivity contribution < 1.29 is 14.3 Å². The van der Waals surface area contributed by atoms with Crippen molar-refractivity contribution in [1.82, 2.24) is 14.8 Å². The van der Waals surface area contributed by atoms with Crippen LogP contribution in [-0.4, -0.2) is 32.7 Å². The molecule has 0 radical (unpaired) electrons. The molecule has 0 saturated carbocycles. The van der Waals surface area contributed by atoms with Crippen LogP contribution in [0.1, 0.15) is 12.5 Å². The second-order valence-electron chi connectivity index (χ2n) is 7.17. The number of nitrogens with zero attached hydrogens (tertiary/aromatic N) is 3. The molecule has 162 valence electrons. The van der Waals surface area contributed by atoms with Crippen molar-refractivity contribution in [2.24, 2.45) is 0 Å². The first-order chi connectivity index (χ1) is 15.7. The number of hydrogen-bond donors (Lipinski definition) is 1. The average molecular weight is 465 g/mol. The molecule has 0 unspecified atom stereocenters. The zero-order chi connectivity index (χ0) is 21.9. The van der Waals surface area contributed by atoms with Crippen LogP contribution in [0, 0.1) is 0 Å². The Balaban J connectivity index is 1.35. The minimum atomic E-state index is -0.379. The van der Waals surface area contributed by atoms with Gasteiger partial charge in [-0.1, -0.05) is 48.2 Å². The second kappa shape index (κ2) is 9.05. The van der Waals surface area contributed by atoms with Gasteiger partial charge in [-0.3, -0.25) is 9.36 Å². The summed E-state index contributed by atoms with van der Waals surface area (Å²) in [5, 5.41) is 14.1. The summed E-state index contributed by atoms with van der Waals surface area (Å²) in [5.41, 5.74) is 1.81. The number of rotatable bonds is 7. The number of nitrogens with one attached hydrogen (secondary N) is 1. The summed E-state index contributed by atoms with van der Waals surface area (Å²) in [6.45, 7) is 2.68. The predicted molar refractivity (Wildman–Crippen MR) is 125 cm³/mol. The molecule has 2 aromatic heterocycles. The topological polar surface area (TPSA) is 78.3 Å². The summed E-state index contributed by atoms with van der Waals surface area (Å²) in [7, 11) is 0. The van der Waals surface area contributed by atoms with Crippen molar-refractivity contribution in [3.8, 4) is 22.2 Å². The number of aromatic nitrogens is 3. The molecule has 0 aliphatic carbocycles. The highest BCUT2D eigenvalue weighted by Gasteiger charge is 2.22. The van der Waals surface area contributed by atoms with Crippen molar-refractivity contribution in [2.45, 2.75) is 23.9 Å². The maximum atomic E-state index is 12.9. The Bertz CT molecular complexity index is 1230. The van der Waals surface area contributed by atoms with E-state index in [4.69, 9.17) is 9.47 Å². The van der Waals surface area contributed by atoms with Crippen LogP contribution in [0.3, 0.4) is 0 Å². The van der Waals surface area contributed by atoms with Crippen molar-refractivity contribution in [2.75, 3.05) is 12.1 Å². The monoisotopic (exact) mass is 464 g/mol. The third kappa shape index (κ3) is 4.35. The molecule has 4 aromatic rings. The van der Waals surface area contributed by atoms with E-state index in [1.165, 1.54) is 11.8 Å². The Labute approximate surface area is 193 Å². The number of fused-ring (bicyclic) bond motifs is 1. The van der Waals surface area contributed by atoms with Gasteiger partial charge in [-0.2, -0.15) is 0 Å². The first-order valence-corrected chi connectivity index (χ1v) is 11.8. The summed E-state index contributed by atoms with van der Waals surface area (Å²) >= 11 is 3.00. The molecular formula is C23H20N4O3S2. The van der Waals surface area contributed by atoms with Gasteiger partial charge < -0.3 is 14.8 Å². The third-order valence-electron chi connectivity index (χ3n) is 4.93. The Hall–Kier alpha value is -3.30. The van der Waals surface area contributed by atoms with Gasteiger partial charge in [0, 0.05) is 11.8 Å². The van der Waals surface area contributed by atoms with Gasteiger partial charge in [-0.15, -0.1) is 21.5 Å². The first-order valence-electron chi connectivity index (χ1n) is 10.1. The molecule has 0 spiro atoms. The number of benzene rings is 2. The summed E-state index contributed by atoms with van der Waals surface area (Å²) in [6, 6.07) is 19.5. The molecule has 5 rings (SSSR count). The molecule has 0 bridgehead atoms. The summed E-state index contributed by atoms with van der Waals surface area (Å²) in [5.74, 6) is 1.99. The zero-order valence-corrected chi connectivity index (χ0v) is 18.9. The van der Waals surface area contributed by atoms with Gasteiger partial charge >= 0.3 is 0 Å². The molecule has 2 aromatic carbocycles. The molecule has 1 aliphatic rings. The van der Waals surface area contributed by atoms with E-state index in [9.17, 15) is 4.79 Å². The SMILES string of the molecule is C[C@H](Sc1nnc(-c2cccs2)n1Cc1ccccc1)C(=O)Nc1ccc2c(c1)OCO2. The van der Waals surface area contributed by atoms with Gasteiger partial charge in [0.05, 0.1) is 16.7 Å². The van der Waals surface area contributed by atoms with Crippen LogP contribution in [0.5, 0.6) is 11.5 Å². The summed E-state index contributed by atoms with van der Waals surface area (Å²) < 4.78 is 12.8. The number of thiophene rings is 1. The lowest BCUT2D eigenvalue weighted by Gasteiger charge is -2.14. The zero-order valence-electron chi connectivity index (χ0n) is 17.2. The van der Waals surface area contributed by atoms with Crippen LogP contribution in [-0.2, 0) is 11.3 Å². The molecule has 1 atom stereocenters.